The van der Waals surface area contributed by atoms with Crippen LogP contribution in [0.25, 0.3) is 10.8 Å². The summed E-state index contributed by atoms with van der Waals surface area (Å²) in [6.07, 6.45) is 3.26. The molecule has 0 fully saturated rings. The van der Waals surface area contributed by atoms with Crippen molar-refractivity contribution >= 4 is 21.8 Å². The molecule has 4 rings (SSSR count). The average molecular weight is 366 g/mol. The summed E-state index contributed by atoms with van der Waals surface area (Å²) in [6, 6.07) is 18.7. The van der Waals surface area contributed by atoms with E-state index in [0.29, 0.717) is 13.0 Å². The van der Waals surface area contributed by atoms with Crippen LogP contribution in [0.1, 0.15) is 31.0 Å². The van der Waals surface area contributed by atoms with Crippen molar-refractivity contribution in [3.05, 3.63) is 72.1 Å². The van der Waals surface area contributed by atoms with Crippen molar-refractivity contribution in [3.8, 4) is 5.75 Å². The number of hydrogen-bond donors (Lipinski definition) is 1. The van der Waals surface area contributed by atoms with Crippen LogP contribution in [0.15, 0.2) is 60.8 Å². The van der Waals surface area contributed by atoms with E-state index in [-0.39, 0.29) is 10.7 Å². The Balaban J connectivity index is 1.92. The normalized spacial score (nSPS) is 21.6. The molecular weight excluding hydrogens is 344 g/mol. The van der Waals surface area contributed by atoms with Crippen LogP contribution in [0, 0.1) is 0 Å². The van der Waals surface area contributed by atoms with Gasteiger partial charge in [0, 0.05) is 16.9 Å². The van der Waals surface area contributed by atoms with Gasteiger partial charge in [-0.3, -0.25) is 10.1 Å². The molecule has 1 aliphatic rings. The van der Waals surface area contributed by atoms with Crippen LogP contribution in [0.2, 0.25) is 0 Å². The smallest absolute Gasteiger partial charge is 0.141 e. The number of aromatic nitrogens is 1. The van der Waals surface area contributed by atoms with Gasteiger partial charge in [-0.2, -0.15) is 0 Å². The number of nitrogens with two attached hydrogens (primary N) is 1. The van der Waals surface area contributed by atoms with Gasteiger partial charge in [-0.1, -0.05) is 42.5 Å². The minimum atomic E-state index is -1.38. The summed E-state index contributed by atoms with van der Waals surface area (Å²) in [5.74, 6) is 0.807. The Kier molecular flexibility index (Phi) is 4.51. The lowest BCUT2D eigenvalue weighted by atomic mass is 9.70. The minimum absolute atomic E-state index is 0.144. The molecule has 3 atom stereocenters. The first kappa shape index (κ1) is 17.2. The molecule has 1 aromatic heterocycles. The summed E-state index contributed by atoms with van der Waals surface area (Å²) >= 11 is 0. The second kappa shape index (κ2) is 6.82. The fourth-order valence-corrected chi connectivity index (χ4v) is 4.43. The summed E-state index contributed by atoms with van der Waals surface area (Å²) in [6.45, 7) is 2.55. The molecule has 1 aliphatic heterocycles. The molecule has 0 amide bonds. The predicted octanol–water partition coefficient (Wildman–Crippen LogP) is 3.70. The van der Waals surface area contributed by atoms with Crippen LogP contribution < -0.4 is 9.88 Å². The number of fused-ring (bicyclic) bond motifs is 2. The highest BCUT2D eigenvalue weighted by Crippen LogP contribution is 2.46. The highest BCUT2D eigenvalue weighted by molar-refractivity contribution is 7.83. The molecule has 2 unspecified atom stereocenters. The van der Waals surface area contributed by atoms with Crippen molar-refractivity contribution in [1.29, 1.82) is 0 Å². The molecule has 0 saturated heterocycles. The van der Waals surface area contributed by atoms with Crippen LogP contribution in [-0.4, -0.2) is 21.0 Å². The zero-order valence-corrected chi connectivity index (χ0v) is 15.5. The van der Waals surface area contributed by atoms with Gasteiger partial charge in [-0.05, 0) is 48.2 Å². The monoisotopic (exact) mass is 366 g/mol. The van der Waals surface area contributed by atoms with Gasteiger partial charge in [-0.25, -0.2) is 4.21 Å². The van der Waals surface area contributed by atoms with E-state index in [1.54, 1.807) is 6.20 Å². The molecule has 2 aromatic carbocycles. The lowest BCUT2D eigenvalue weighted by molar-refractivity contribution is 0.222. The predicted molar refractivity (Wildman–Crippen MR) is 105 cm³/mol. The highest BCUT2D eigenvalue weighted by atomic mass is 32.2. The molecule has 0 radical (unpaired) electrons. The zero-order valence-electron chi connectivity index (χ0n) is 14.7. The molecule has 2 N–H and O–H groups in total. The Morgan fingerprint density at radius 1 is 1.19 bits per heavy atom. The third-order valence-corrected chi connectivity index (χ3v) is 6.30. The SMILES string of the molecule is CC(C[C@]1(c2ccc3ccccc3c2)CCOc2cccnc21)S(N)=O. The van der Waals surface area contributed by atoms with E-state index in [1.807, 2.05) is 31.2 Å². The molecule has 0 aliphatic carbocycles. The first-order valence-electron chi connectivity index (χ1n) is 8.83. The molecule has 3 aromatic rings. The Bertz CT molecular complexity index is 975. The van der Waals surface area contributed by atoms with Crippen LogP contribution in [-0.2, 0) is 16.4 Å². The third-order valence-electron chi connectivity index (χ3n) is 5.34. The van der Waals surface area contributed by atoms with Crippen molar-refractivity contribution in [2.45, 2.75) is 30.4 Å². The van der Waals surface area contributed by atoms with E-state index in [1.165, 1.54) is 16.3 Å². The highest BCUT2D eigenvalue weighted by Gasteiger charge is 2.42. The molecule has 5 heteroatoms. The summed E-state index contributed by atoms with van der Waals surface area (Å²) < 4.78 is 17.8. The molecule has 26 heavy (non-hydrogen) atoms. The fraction of sp³-hybridized carbons (Fsp3) is 0.286. The summed E-state index contributed by atoms with van der Waals surface area (Å²) in [5, 5.41) is 7.97. The Labute approximate surface area is 156 Å². The molecule has 0 saturated carbocycles. The first-order valence-corrected chi connectivity index (χ1v) is 10.1. The van der Waals surface area contributed by atoms with Gasteiger partial charge >= 0.3 is 0 Å². The van der Waals surface area contributed by atoms with Gasteiger partial charge in [0.2, 0.25) is 0 Å². The number of hydrogen-bond acceptors (Lipinski definition) is 3. The Hall–Kier alpha value is -2.24. The quantitative estimate of drug-likeness (QED) is 0.766. The summed E-state index contributed by atoms with van der Waals surface area (Å²) in [5.41, 5.74) is 1.74. The van der Waals surface area contributed by atoms with Crippen molar-refractivity contribution in [2.24, 2.45) is 5.14 Å². The minimum Gasteiger partial charge on any atom is -0.492 e. The lowest BCUT2D eigenvalue weighted by Gasteiger charge is -2.39. The second-order valence-corrected chi connectivity index (χ2v) is 8.40. The second-order valence-electron chi connectivity index (χ2n) is 6.94. The van der Waals surface area contributed by atoms with E-state index in [4.69, 9.17) is 9.88 Å². The largest absolute Gasteiger partial charge is 0.492 e. The van der Waals surface area contributed by atoms with Gasteiger partial charge in [-0.15, -0.1) is 0 Å². The van der Waals surface area contributed by atoms with Gasteiger partial charge in [0.05, 0.1) is 23.3 Å². The summed E-state index contributed by atoms with van der Waals surface area (Å²) in [7, 11) is -1.38. The van der Waals surface area contributed by atoms with E-state index in [2.05, 4.69) is 35.3 Å². The number of pyridine rings is 1. The molecule has 0 spiro atoms. The number of nitrogens with zero attached hydrogens (tertiary/aromatic N) is 1. The number of benzene rings is 2. The molecule has 134 valence electrons. The fourth-order valence-electron chi connectivity index (χ4n) is 3.98. The van der Waals surface area contributed by atoms with Crippen LogP contribution in [0.3, 0.4) is 0 Å². The molecule has 2 heterocycles. The standard InChI is InChI=1S/C21H22N2O2S/c1-15(26(22)24)14-21(10-12-25-19-7-4-11-23-20(19)21)18-9-8-16-5-2-3-6-17(16)13-18/h2-9,11,13,15H,10,12,14,22H2,1H3/t15?,21-,26?/m0/s1. The maximum atomic E-state index is 12.0. The van der Waals surface area contributed by atoms with Crippen molar-refractivity contribution in [1.82, 2.24) is 4.98 Å². The zero-order chi connectivity index (χ0) is 18.1. The Morgan fingerprint density at radius 3 is 2.81 bits per heavy atom. The van der Waals surface area contributed by atoms with Gasteiger partial charge < -0.3 is 4.74 Å². The first-order chi connectivity index (χ1) is 12.6. The number of ether oxygens (including phenoxy) is 1. The van der Waals surface area contributed by atoms with Crippen LogP contribution in [0.4, 0.5) is 0 Å². The molecule has 0 bridgehead atoms. The van der Waals surface area contributed by atoms with Crippen molar-refractivity contribution in [3.63, 3.8) is 0 Å². The van der Waals surface area contributed by atoms with Gasteiger partial charge in [0.25, 0.3) is 0 Å². The third kappa shape index (κ3) is 2.91. The van der Waals surface area contributed by atoms with E-state index in [9.17, 15) is 4.21 Å². The van der Waals surface area contributed by atoms with Crippen molar-refractivity contribution < 1.29 is 8.95 Å². The maximum Gasteiger partial charge on any atom is 0.141 e. The van der Waals surface area contributed by atoms with Gasteiger partial charge in [0.1, 0.15) is 5.75 Å². The topological polar surface area (TPSA) is 65.2 Å². The number of rotatable bonds is 4. The van der Waals surface area contributed by atoms with E-state index < -0.39 is 11.0 Å². The van der Waals surface area contributed by atoms with Crippen molar-refractivity contribution in [2.75, 3.05) is 6.61 Å². The van der Waals surface area contributed by atoms with E-state index >= 15 is 0 Å². The molecular formula is C21H22N2O2S. The molecule has 4 nitrogen and oxygen atoms in total. The lowest BCUT2D eigenvalue weighted by Crippen LogP contribution is -2.39. The average Bonchev–Trinajstić information content (AvgIpc) is 2.67. The Morgan fingerprint density at radius 2 is 2.00 bits per heavy atom. The summed E-state index contributed by atoms with van der Waals surface area (Å²) in [4.78, 5) is 4.68. The van der Waals surface area contributed by atoms with Gasteiger partial charge in [0.15, 0.2) is 0 Å². The van der Waals surface area contributed by atoms with Crippen LogP contribution in [0.5, 0.6) is 5.75 Å². The maximum absolute atomic E-state index is 12.0. The van der Waals surface area contributed by atoms with E-state index in [0.717, 1.165) is 17.9 Å². The van der Waals surface area contributed by atoms with Crippen LogP contribution >= 0.6 is 0 Å².